The highest BCUT2D eigenvalue weighted by Gasteiger charge is 2.21. The Bertz CT molecular complexity index is 1190. The Labute approximate surface area is 195 Å². The van der Waals surface area contributed by atoms with E-state index in [2.05, 4.69) is 52.3 Å². The molecule has 0 atom stereocenters. The van der Waals surface area contributed by atoms with Gasteiger partial charge in [0.05, 0.1) is 7.11 Å². The molecule has 0 amide bonds. The number of aromatic nitrogens is 1. The van der Waals surface area contributed by atoms with Gasteiger partial charge >= 0.3 is 0 Å². The molecule has 2 heterocycles. The zero-order valence-electron chi connectivity index (χ0n) is 19.2. The lowest BCUT2D eigenvalue weighted by molar-refractivity contribution is 0.210. The van der Waals surface area contributed by atoms with E-state index >= 15 is 0 Å². The zero-order chi connectivity index (χ0) is 22.6. The molecule has 1 aliphatic heterocycles. The van der Waals surface area contributed by atoms with Crippen molar-refractivity contribution in [1.82, 2.24) is 9.88 Å². The molecule has 0 radical (unpaired) electrons. The van der Waals surface area contributed by atoms with Crippen molar-refractivity contribution in [3.05, 3.63) is 89.7 Å². The topological polar surface area (TPSA) is 28.3 Å². The van der Waals surface area contributed by atoms with Crippen LogP contribution in [0.4, 0.5) is 4.39 Å². The van der Waals surface area contributed by atoms with Gasteiger partial charge in [-0.3, -0.25) is 0 Å². The van der Waals surface area contributed by atoms with Gasteiger partial charge in [0.15, 0.2) is 0 Å². The van der Waals surface area contributed by atoms with E-state index in [-0.39, 0.29) is 5.82 Å². The van der Waals surface area contributed by atoms with E-state index in [0.717, 1.165) is 55.0 Å². The normalized spacial score (nSPS) is 15.2. The van der Waals surface area contributed by atoms with Gasteiger partial charge in [0.1, 0.15) is 11.6 Å². The van der Waals surface area contributed by atoms with Crippen LogP contribution in [0.2, 0.25) is 0 Å². The van der Waals surface area contributed by atoms with Crippen molar-refractivity contribution in [2.75, 3.05) is 26.7 Å². The summed E-state index contributed by atoms with van der Waals surface area (Å²) in [7, 11) is 1.70. The van der Waals surface area contributed by atoms with Crippen LogP contribution in [0.1, 0.15) is 36.3 Å². The molecule has 0 saturated carbocycles. The van der Waals surface area contributed by atoms with Crippen molar-refractivity contribution >= 4 is 10.9 Å². The second kappa shape index (κ2) is 9.80. The van der Waals surface area contributed by atoms with Gasteiger partial charge in [0.25, 0.3) is 0 Å². The van der Waals surface area contributed by atoms with Gasteiger partial charge in [-0.25, -0.2) is 4.39 Å². The predicted octanol–water partition coefficient (Wildman–Crippen LogP) is 6.79. The molecule has 5 rings (SSSR count). The molecular formula is C29H31FN2O. The van der Waals surface area contributed by atoms with Crippen LogP contribution in [0.15, 0.2) is 72.8 Å². The number of hydrogen-bond donors (Lipinski definition) is 1. The Balaban J connectivity index is 1.29. The monoisotopic (exact) mass is 442 g/mol. The first-order valence-electron chi connectivity index (χ1n) is 11.9. The molecule has 0 bridgehead atoms. The fourth-order valence-corrected chi connectivity index (χ4v) is 5.17. The molecule has 0 aliphatic carbocycles. The van der Waals surface area contributed by atoms with Gasteiger partial charge < -0.3 is 14.6 Å². The summed E-state index contributed by atoms with van der Waals surface area (Å²) in [6, 6.07) is 23.9. The van der Waals surface area contributed by atoms with Gasteiger partial charge in [-0.2, -0.15) is 0 Å². The number of fused-ring (bicyclic) bond motifs is 1. The first-order valence-corrected chi connectivity index (χ1v) is 11.9. The number of H-pyrrole nitrogens is 1. The van der Waals surface area contributed by atoms with Crippen LogP contribution < -0.4 is 4.74 Å². The molecule has 170 valence electrons. The number of piperidine rings is 1. The number of hydrogen-bond acceptors (Lipinski definition) is 2. The summed E-state index contributed by atoms with van der Waals surface area (Å²) in [5.41, 5.74) is 5.96. The standard InChI is InChI=1S/C29H31FN2O/c1-33-25-13-14-28-27(20-25)26(29(31-28)23-9-11-24(30)12-10-23)8-5-17-32-18-15-22(16-19-32)21-6-3-2-4-7-21/h2-4,6-7,9-14,20,22,31H,5,8,15-19H2,1H3. The third-order valence-corrected chi connectivity index (χ3v) is 7.01. The summed E-state index contributed by atoms with van der Waals surface area (Å²) in [5, 5.41) is 1.19. The van der Waals surface area contributed by atoms with Gasteiger partial charge in [-0.15, -0.1) is 0 Å². The first-order chi connectivity index (χ1) is 16.2. The van der Waals surface area contributed by atoms with Crippen molar-refractivity contribution < 1.29 is 9.13 Å². The van der Waals surface area contributed by atoms with Crippen LogP contribution in [-0.4, -0.2) is 36.6 Å². The molecule has 1 aromatic heterocycles. The van der Waals surface area contributed by atoms with Gasteiger partial charge in [0, 0.05) is 16.6 Å². The maximum absolute atomic E-state index is 13.5. The highest BCUT2D eigenvalue weighted by molar-refractivity contribution is 5.91. The highest BCUT2D eigenvalue weighted by Crippen LogP contribution is 2.34. The number of halogens is 1. The summed E-state index contributed by atoms with van der Waals surface area (Å²) in [4.78, 5) is 6.18. The van der Waals surface area contributed by atoms with Gasteiger partial charge in [0.2, 0.25) is 0 Å². The second-order valence-electron chi connectivity index (χ2n) is 9.03. The molecule has 1 fully saturated rings. The second-order valence-corrected chi connectivity index (χ2v) is 9.03. The van der Waals surface area contributed by atoms with E-state index in [0.29, 0.717) is 5.92 Å². The predicted molar refractivity (Wildman–Crippen MR) is 133 cm³/mol. The fraction of sp³-hybridized carbons (Fsp3) is 0.310. The first kappa shape index (κ1) is 21.7. The molecule has 1 saturated heterocycles. The van der Waals surface area contributed by atoms with Crippen LogP contribution in [0.3, 0.4) is 0 Å². The number of benzene rings is 3. The third-order valence-electron chi connectivity index (χ3n) is 7.01. The van der Waals surface area contributed by atoms with E-state index in [1.807, 2.05) is 18.2 Å². The van der Waals surface area contributed by atoms with Crippen LogP contribution in [0.5, 0.6) is 5.75 Å². The largest absolute Gasteiger partial charge is 0.497 e. The highest BCUT2D eigenvalue weighted by atomic mass is 19.1. The molecule has 3 nitrogen and oxygen atoms in total. The lowest BCUT2D eigenvalue weighted by atomic mass is 9.89. The molecular weight excluding hydrogens is 411 g/mol. The van der Waals surface area contributed by atoms with Crippen LogP contribution in [0, 0.1) is 5.82 Å². The number of likely N-dealkylation sites (tertiary alicyclic amines) is 1. The summed E-state index contributed by atoms with van der Waals surface area (Å²) in [6.07, 6.45) is 4.52. The Morgan fingerprint density at radius 1 is 0.970 bits per heavy atom. The quantitative estimate of drug-likeness (QED) is 0.341. The van der Waals surface area contributed by atoms with Crippen molar-refractivity contribution in [2.45, 2.75) is 31.6 Å². The lowest BCUT2D eigenvalue weighted by Gasteiger charge is -2.32. The molecule has 4 aromatic rings. The van der Waals surface area contributed by atoms with Gasteiger partial charge in [-0.1, -0.05) is 30.3 Å². The summed E-state index contributed by atoms with van der Waals surface area (Å²) in [5.74, 6) is 1.34. The maximum Gasteiger partial charge on any atom is 0.123 e. The molecule has 0 unspecified atom stereocenters. The SMILES string of the molecule is COc1ccc2[nH]c(-c3ccc(F)cc3)c(CCCN3CCC(c4ccccc4)CC3)c2c1. The average molecular weight is 443 g/mol. The smallest absolute Gasteiger partial charge is 0.123 e. The Kier molecular flexibility index (Phi) is 6.45. The summed E-state index contributed by atoms with van der Waals surface area (Å²) < 4.78 is 19.0. The van der Waals surface area contributed by atoms with E-state index in [9.17, 15) is 4.39 Å². The average Bonchev–Trinajstić information content (AvgIpc) is 3.23. The molecule has 4 heteroatoms. The molecule has 33 heavy (non-hydrogen) atoms. The summed E-state index contributed by atoms with van der Waals surface area (Å²) in [6.45, 7) is 3.42. The maximum atomic E-state index is 13.5. The van der Waals surface area contributed by atoms with Crippen molar-refractivity contribution in [1.29, 1.82) is 0 Å². The fourth-order valence-electron chi connectivity index (χ4n) is 5.17. The number of ether oxygens (including phenoxy) is 1. The number of rotatable bonds is 7. The molecule has 1 aliphatic rings. The number of methoxy groups -OCH3 is 1. The van der Waals surface area contributed by atoms with Gasteiger partial charge in [-0.05, 0) is 110 Å². The van der Waals surface area contributed by atoms with Crippen molar-refractivity contribution in [3.63, 3.8) is 0 Å². The minimum atomic E-state index is -0.211. The summed E-state index contributed by atoms with van der Waals surface area (Å²) >= 11 is 0. The number of nitrogens with one attached hydrogen (secondary N) is 1. The minimum Gasteiger partial charge on any atom is -0.497 e. The van der Waals surface area contributed by atoms with E-state index in [1.165, 1.54) is 41.5 Å². The Morgan fingerprint density at radius 2 is 1.73 bits per heavy atom. The lowest BCUT2D eigenvalue weighted by Crippen LogP contribution is -2.33. The third kappa shape index (κ3) is 4.81. The van der Waals surface area contributed by atoms with E-state index < -0.39 is 0 Å². The zero-order valence-corrected chi connectivity index (χ0v) is 19.2. The van der Waals surface area contributed by atoms with E-state index in [4.69, 9.17) is 4.74 Å². The number of aromatic amines is 1. The van der Waals surface area contributed by atoms with Crippen LogP contribution >= 0.6 is 0 Å². The number of nitrogens with zero attached hydrogens (tertiary/aromatic N) is 1. The molecule has 0 spiro atoms. The van der Waals surface area contributed by atoms with Crippen LogP contribution in [-0.2, 0) is 6.42 Å². The minimum absolute atomic E-state index is 0.211. The van der Waals surface area contributed by atoms with Crippen LogP contribution in [0.25, 0.3) is 22.2 Å². The Morgan fingerprint density at radius 3 is 2.45 bits per heavy atom. The van der Waals surface area contributed by atoms with Crippen molar-refractivity contribution in [3.8, 4) is 17.0 Å². The van der Waals surface area contributed by atoms with E-state index in [1.54, 1.807) is 7.11 Å². The molecule has 1 N–H and O–H groups in total. The number of aryl methyl sites for hydroxylation is 1. The van der Waals surface area contributed by atoms with Crippen molar-refractivity contribution in [2.24, 2.45) is 0 Å². The Hall–Kier alpha value is -3.11. The molecule has 3 aromatic carbocycles.